The fourth-order valence-electron chi connectivity index (χ4n) is 2.95. The van der Waals surface area contributed by atoms with Crippen LogP contribution in [0.2, 0.25) is 0 Å². The molecule has 0 aromatic heterocycles. The van der Waals surface area contributed by atoms with E-state index in [2.05, 4.69) is 10.9 Å². The van der Waals surface area contributed by atoms with Crippen molar-refractivity contribution in [2.75, 3.05) is 26.8 Å². The molecule has 0 atom stereocenters. The van der Waals surface area contributed by atoms with Gasteiger partial charge in [-0.15, -0.1) is 0 Å². The number of carbonyl (C=O) groups is 2. The number of carbonyl (C=O) groups excluding carboxylic acids is 2. The molecule has 178 valence electrons. The Bertz CT molecular complexity index is 1090. The van der Waals surface area contributed by atoms with Gasteiger partial charge in [0.1, 0.15) is 0 Å². The molecular weight excluding hydrogens is 446 g/mol. The van der Waals surface area contributed by atoms with Crippen LogP contribution in [0.3, 0.4) is 0 Å². The smallest absolute Gasteiger partial charge is 0.269 e. The van der Waals surface area contributed by atoms with Crippen molar-refractivity contribution < 1.29 is 27.5 Å². The minimum absolute atomic E-state index is 0.186. The number of nitrogens with zero attached hydrogens (tertiary/aromatic N) is 1. The van der Waals surface area contributed by atoms with Gasteiger partial charge in [0.15, 0.2) is 11.5 Å². The molecule has 0 aliphatic carbocycles. The lowest BCUT2D eigenvalue weighted by atomic mass is 10.2. The molecule has 9 nitrogen and oxygen atoms in total. The number of hydrogen-bond acceptors (Lipinski definition) is 6. The number of methoxy groups -OCH3 is 1. The molecule has 0 saturated carbocycles. The molecule has 0 heterocycles. The first kappa shape index (κ1) is 25.9. The summed E-state index contributed by atoms with van der Waals surface area (Å²) in [6.07, 6.45) is 2.74. The van der Waals surface area contributed by atoms with E-state index in [0.29, 0.717) is 36.8 Å². The number of hydrazine groups is 1. The molecule has 0 spiro atoms. The standard InChI is InChI=1S/C23H29N3O6S/c1-5-26(6-2)33(29,30)19-12-8-17(9-13-19)10-15-22(27)24-25-23(28)18-11-14-20(32-7-3)21(16-18)31-4/h8-16H,5-7H2,1-4H3,(H,24,27)(H,25,28)/b15-10+. The number of benzene rings is 2. The highest BCUT2D eigenvalue weighted by Gasteiger charge is 2.21. The molecule has 2 amide bonds. The maximum absolute atomic E-state index is 12.5. The fraction of sp³-hybridized carbons (Fsp3) is 0.304. The molecule has 33 heavy (non-hydrogen) atoms. The average Bonchev–Trinajstić information content (AvgIpc) is 2.82. The molecule has 2 aromatic carbocycles. The van der Waals surface area contributed by atoms with Crippen LogP contribution in [0.4, 0.5) is 0 Å². The zero-order valence-electron chi connectivity index (χ0n) is 19.1. The number of amides is 2. The number of rotatable bonds is 10. The van der Waals surface area contributed by atoms with Gasteiger partial charge in [-0.05, 0) is 48.9 Å². The fourth-order valence-corrected chi connectivity index (χ4v) is 4.41. The quantitative estimate of drug-likeness (QED) is 0.403. The summed E-state index contributed by atoms with van der Waals surface area (Å²) in [6, 6.07) is 10.9. The largest absolute Gasteiger partial charge is 0.493 e. The van der Waals surface area contributed by atoms with Crippen LogP contribution in [0.15, 0.2) is 53.4 Å². The number of hydrogen-bond donors (Lipinski definition) is 2. The second kappa shape index (κ2) is 12.0. The van der Waals surface area contributed by atoms with Gasteiger partial charge < -0.3 is 9.47 Å². The van der Waals surface area contributed by atoms with Gasteiger partial charge in [-0.2, -0.15) is 4.31 Å². The van der Waals surface area contributed by atoms with E-state index in [1.54, 1.807) is 38.1 Å². The van der Waals surface area contributed by atoms with Gasteiger partial charge in [0, 0.05) is 24.7 Å². The molecule has 10 heteroatoms. The summed E-state index contributed by atoms with van der Waals surface area (Å²) in [5.41, 5.74) is 5.53. The summed E-state index contributed by atoms with van der Waals surface area (Å²) in [6.45, 7) is 6.62. The van der Waals surface area contributed by atoms with Crippen LogP contribution >= 0.6 is 0 Å². The highest BCUT2D eigenvalue weighted by molar-refractivity contribution is 7.89. The highest BCUT2D eigenvalue weighted by atomic mass is 32.2. The van der Waals surface area contributed by atoms with Crippen molar-refractivity contribution in [3.8, 4) is 11.5 Å². The Morgan fingerprint density at radius 1 is 0.970 bits per heavy atom. The van der Waals surface area contributed by atoms with Crippen molar-refractivity contribution in [1.29, 1.82) is 0 Å². The summed E-state index contributed by atoms with van der Waals surface area (Å²) in [5.74, 6) is -0.160. The van der Waals surface area contributed by atoms with Crippen LogP contribution in [0.1, 0.15) is 36.7 Å². The Balaban J connectivity index is 1.97. The van der Waals surface area contributed by atoms with Crippen molar-refractivity contribution in [1.82, 2.24) is 15.2 Å². The number of nitrogens with one attached hydrogen (secondary N) is 2. The maximum atomic E-state index is 12.5. The van der Waals surface area contributed by atoms with Gasteiger partial charge in [0.05, 0.1) is 18.6 Å². The van der Waals surface area contributed by atoms with E-state index in [0.717, 1.165) is 0 Å². The maximum Gasteiger partial charge on any atom is 0.269 e. The summed E-state index contributed by atoms with van der Waals surface area (Å²) in [4.78, 5) is 24.5. The molecular formula is C23H29N3O6S. The monoisotopic (exact) mass is 475 g/mol. The predicted molar refractivity (Wildman–Crippen MR) is 125 cm³/mol. The SMILES string of the molecule is CCOc1ccc(C(=O)NNC(=O)/C=C/c2ccc(S(=O)(=O)N(CC)CC)cc2)cc1OC. The number of sulfonamides is 1. The van der Waals surface area contributed by atoms with Crippen molar-refractivity contribution >= 4 is 27.9 Å². The Hall–Kier alpha value is -3.37. The predicted octanol–water partition coefficient (Wildman–Crippen LogP) is 2.60. The average molecular weight is 476 g/mol. The summed E-state index contributed by atoms with van der Waals surface area (Å²) in [7, 11) is -2.07. The summed E-state index contributed by atoms with van der Waals surface area (Å²) < 4.78 is 37.0. The molecule has 0 bridgehead atoms. The highest BCUT2D eigenvalue weighted by Crippen LogP contribution is 2.27. The second-order valence-corrected chi connectivity index (χ2v) is 8.67. The van der Waals surface area contributed by atoms with Crippen molar-refractivity contribution in [3.05, 3.63) is 59.7 Å². The van der Waals surface area contributed by atoms with Crippen LogP contribution < -0.4 is 20.3 Å². The third kappa shape index (κ3) is 6.80. The molecule has 0 saturated heterocycles. The molecule has 0 radical (unpaired) electrons. The summed E-state index contributed by atoms with van der Waals surface area (Å²) >= 11 is 0. The van der Waals surface area contributed by atoms with E-state index in [9.17, 15) is 18.0 Å². The second-order valence-electron chi connectivity index (χ2n) is 6.73. The first-order valence-corrected chi connectivity index (χ1v) is 11.9. The van der Waals surface area contributed by atoms with Crippen molar-refractivity contribution in [2.45, 2.75) is 25.7 Å². The molecule has 0 aliphatic heterocycles. The Morgan fingerprint density at radius 3 is 2.21 bits per heavy atom. The Kier molecular flexibility index (Phi) is 9.43. The first-order valence-electron chi connectivity index (χ1n) is 10.5. The third-order valence-corrected chi connectivity index (χ3v) is 6.74. The van der Waals surface area contributed by atoms with Gasteiger partial charge >= 0.3 is 0 Å². The van der Waals surface area contributed by atoms with Crippen LogP contribution in [0, 0.1) is 0 Å². The molecule has 2 aromatic rings. The van der Waals surface area contributed by atoms with Gasteiger partial charge in [0.25, 0.3) is 11.8 Å². The van der Waals surface area contributed by atoms with Crippen molar-refractivity contribution in [3.63, 3.8) is 0 Å². The molecule has 0 unspecified atom stereocenters. The van der Waals surface area contributed by atoms with E-state index < -0.39 is 21.8 Å². The van der Waals surface area contributed by atoms with Crippen LogP contribution in [0.5, 0.6) is 11.5 Å². The van der Waals surface area contributed by atoms with Gasteiger partial charge in [-0.1, -0.05) is 26.0 Å². The van der Waals surface area contributed by atoms with Crippen LogP contribution in [0.25, 0.3) is 6.08 Å². The molecule has 0 fully saturated rings. The zero-order chi connectivity index (χ0) is 24.4. The van der Waals surface area contributed by atoms with E-state index in [4.69, 9.17) is 9.47 Å². The number of ether oxygens (including phenoxy) is 2. The van der Waals surface area contributed by atoms with E-state index >= 15 is 0 Å². The lowest BCUT2D eigenvalue weighted by Gasteiger charge is -2.18. The normalized spacial score (nSPS) is 11.4. The first-order chi connectivity index (χ1) is 15.8. The van der Waals surface area contributed by atoms with Gasteiger partial charge in [0.2, 0.25) is 10.0 Å². The molecule has 0 aliphatic rings. The van der Waals surface area contributed by atoms with Crippen LogP contribution in [-0.4, -0.2) is 51.3 Å². The van der Waals surface area contributed by atoms with E-state index in [1.807, 2.05) is 6.92 Å². The molecule has 2 N–H and O–H groups in total. The Morgan fingerprint density at radius 2 is 1.64 bits per heavy atom. The van der Waals surface area contributed by atoms with Crippen LogP contribution in [-0.2, 0) is 14.8 Å². The lowest BCUT2D eigenvalue weighted by Crippen LogP contribution is -2.40. The minimum Gasteiger partial charge on any atom is -0.493 e. The lowest BCUT2D eigenvalue weighted by molar-refractivity contribution is -0.117. The topological polar surface area (TPSA) is 114 Å². The van der Waals surface area contributed by atoms with E-state index in [1.165, 1.54) is 41.8 Å². The molecule has 2 rings (SSSR count). The van der Waals surface area contributed by atoms with E-state index in [-0.39, 0.29) is 10.5 Å². The minimum atomic E-state index is -3.54. The van der Waals surface area contributed by atoms with Gasteiger partial charge in [-0.25, -0.2) is 8.42 Å². The zero-order valence-corrected chi connectivity index (χ0v) is 19.9. The third-order valence-electron chi connectivity index (χ3n) is 4.68. The van der Waals surface area contributed by atoms with Crippen molar-refractivity contribution in [2.24, 2.45) is 0 Å². The van der Waals surface area contributed by atoms with Gasteiger partial charge in [-0.3, -0.25) is 20.4 Å². The Labute approximate surface area is 194 Å². The summed E-state index contributed by atoms with van der Waals surface area (Å²) in [5, 5.41) is 0.